The summed E-state index contributed by atoms with van der Waals surface area (Å²) in [6.07, 6.45) is 0. The molecule has 0 heterocycles. The van der Waals surface area contributed by atoms with Crippen LogP contribution in [0.2, 0.25) is 0 Å². The molecule has 0 atom stereocenters. The zero-order valence-electron chi connectivity index (χ0n) is 12.0. The van der Waals surface area contributed by atoms with Gasteiger partial charge in [0.2, 0.25) is 5.91 Å². The van der Waals surface area contributed by atoms with Crippen molar-refractivity contribution in [2.75, 3.05) is 34.3 Å². The standard InChI is InChI=1S/C14H22N2O3/c1-5-19-12-8-6-7-11(14(12)18)9-16(4)10-13(17)15(2)3/h6-8,18H,5,9-10H2,1-4H3. The first-order chi connectivity index (χ1) is 8.95. The maximum Gasteiger partial charge on any atom is 0.236 e. The molecule has 0 fully saturated rings. The first kappa shape index (κ1) is 15.3. The van der Waals surface area contributed by atoms with Gasteiger partial charge in [-0.05, 0) is 20.0 Å². The number of benzene rings is 1. The number of rotatable bonds is 6. The van der Waals surface area contributed by atoms with Gasteiger partial charge in [0.25, 0.3) is 0 Å². The Bertz CT molecular complexity index is 433. The molecule has 0 unspecified atom stereocenters. The number of amides is 1. The van der Waals surface area contributed by atoms with Gasteiger partial charge in [0.1, 0.15) is 0 Å². The number of nitrogens with zero attached hydrogens (tertiary/aromatic N) is 2. The first-order valence-corrected chi connectivity index (χ1v) is 6.28. The topological polar surface area (TPSA) is 53.0 Å². The second kappa shape index (κ2) is 6.99. The maximum absolute atomic E-state index is 11.6. The maximum atomic E-state index is 11.6. The van der Waals surface area contributed by atoms with Gasteiger partial charge in [-0.25, -0.2) is 0 Å². The molecule has 1 N–H and O–H groups in total. The number of likely N-dealkylation sites (N-methyl/N-ethyl adjacent to an activating group) is 2. The van der Waals surface area contributed by atoms with E-state index in [0.29, 0.717) is 25.4 Å². The number of hydrogen-bond acceptors (Lipinski definition) is 4. The van der Waals surface area contributed by atoms with E-state index in [1.54, 1.807) is 25.1 Å². The molecular formula is C14H22N2O3. The largest absolute Gasteiger partial charge is 0.504 e. The van der Waals surface area contributed by atoms with Crippen LogP contribution in [0.15, 0.2) is 18.2 Å². The molecule has 106 valence electrons. The van der Waals surface area contributed by atoms with E-state index in [4.69, 9.17) is 4.74 Å². The lowest BCUT2D eigenvalue weighted by Gasteiger charge is -2.20. The molecule has 0 saturated heterocycles. The lowest BCUT2D eigenvalue weighted by Crippen LogP contribution is -2.34. The third-order valence-electron chi connectivity index (χ3n) is 2.73. The zero-order valence-corrected chi connectivity index (χ0v) is 12.0. The van der Waals surface area contributed by atoms with E-state index in [9.17, 15) is 9.90 Å². The van der Waals surface area contributed by atoms with Crippen LogP contribution in [0.3, 0.4) is 0 Å². The summed E-state index contributed by atoms with van der Waals surface area (Å²) in [5.41, 5.74) is 0.750. The van der Waals surface area contributed by atoms with Crippen LogP contribution in [-0.2, 0) is 11.3 Å². The average molecular weight is 266 g/mol. The van der Waals surface area contributed by atoms with Gasteiger partial charge >= 0.3 is 0 Å². The summed E-state index contributed by atoms with van der Waals surface area (Å²) < 4.78 is 5.33. The number of phenolic OH excluding ortho intramolecular Hbond substituents is 1. The molecule has 1 aromatic rings. The van der Waals surface area contributed by atoms with E-state index in [1.807, 2.05) is 31.0 Å². The molecule has 5 nitrogen and oxygen atoms in total. The Morgan fingerprint density at radius 1 is 1.32 bits per heavy atom. The van der Waals surface area contributed by atoms with Crippen molar-refractivity contribution in [1.29, 1.82) is 0 Å². The Hall–Kier alpha value is -1.75. The Kier molecular flexibility index (Phi) is 5.63. The van der Waals surface area contributed by atoms with E-state index in [2.05, 4.69) is 0 Å². The van der Waals surface area contributed by atoms with E-state index >= 15 is 0 Å². The van der Waals surface area contributed by atoms with Crippen LogP contribution >= 0.6 is 0 Å². The van der Waals surface area contributed by atoms with Crippen molar-refractivity contribution in [3.63, 3.8) is 0 Å². The lowest BCUT2D eigenvalue weighted by atomic mass is 10.1. The third-order valence-corrected chi connectivity index (χ3v) is 2.73. The Morgan fingerprint density at radius 3 is 2.58 bits per heavy atom. The second-order valence-electron chi connectivity index (χ2n) is 4.66. The summed E-state index contributed by atoms with van der Waals surface area (Å²) >= 11 is 0. The van der Waals surface area contributed by atoms with Crippen molar-refractivity contribution < 1.29 is 14.6 Å². The third kappa shape index (κ3) is 4.44. The van der Waals surface area contributed by atoms with Crippen LogP contribution in [0.4, 0.5) is 0 Å². The molecule has 0 radical (unpaired) electrons. The van der Waals surface area contributed by atoms with Gasteiger partial charge in [0, 0.05) is 26.2 Å². The van der Waals surface area contributed by atoms with Crippen molar-refractivity contribution in [1.82, 2.24) is 9.80 Å². The molecule has 1 rings (SSSR count). The van der Waals surface area contributed by atoms with E-state index in [0.717, 1.165) is 5.56 Å². The number of ether oxygens (including phenoxy) is 1. The van der Waals surface area contributed by atoms with Crippen LogP contribution in [-0.4, -0.2) is 55.1 Å². The van der Waals surface area contributed by atoms with E-state index in [-0.39, 0.29) is 11.7 Å². The molecule has 0 aliphatic rings. The Morgan fingerprint density at radius 2 is 2.00 bits per heavy atom. The molecule has 0 aromatic heterocycles. The van der Waals surface area contributed by atoms with Crippen LogP contribution in [0.5, 0.6) is 11.5 Å². The highest BCUT2D eigenvalue weighted by atomic mass is 16.5. The average Bonchev–Trinajstić information content (AvgIpc) is 2.34. The lowest BCUT2D eigenvalue weighted by molar-refractivity contribution is -0.129. The first-order valence-electron chi connectivity index (χ1n) is 6.28. The highest BCUT2D eigenvalue weighted by Crippen LogP contribution is 2.30. The fourth-order valence-electron chi connectivity index (χ4n) is 1.69. The monoisotopic (exact) mass is 266 g/mol. The SMILES string of the molecule is CCOc1cccc(CN(C)CC(=O)N(C)C)c1O. The van der Waals surface area contributed by atoms with Gasteiger partial charge in [-0.15, -0.1) is 0 Å². The van der Waals surface area contributed by atoms with Gasteiger partial charge in [-0.3, -0.25) is 9.69 Å². The van der Waals surface area contributed by atoms with Crippen LogP contribution in [0.1, 0.15) is 12.5 Å². The molecule has 5 heteroatoms. The number of carbonyl (C=O) groups is 1. The molecule has 0 aliphatic carbocycles. The molecule has 1 aromatic carbocycles. The van der Waals surface area contributed by atoms with Crippen molar-refractivity contribution in [3.8, 4) is 11.5 Å². The van der Waals surface area contributed by atoms with E-state index < -0.39 is 0 Å². The number of para-hydroxylation sites is 1. The highest BCUT2D eigenvalue weighted by Gasteiger charge is 2.13. The van der Waals surface area contributed by atoms with Gasteiger partial charge < -0.3 is 14.7 Å². The molecule has 19 heavy (non-hydrogen) atoms. The predicted octanol–water partition coefficient (Wildman–Crippen LogP) is 1.31. The van der Waals surface area contributed by atoms with Gasteiger partial charge in [0.05, 0.1) is 13.2 Å². The Labute approximate surface area is 114 Å². The van der Waals surface area contributed by atoms with Gasteiger partial charge in [-0.2, -0.15) is 0 Å². The predicted molar refractivity (Wildman–Crippen MR) is 74.3 cm³/mol. The Balaban J connectivity index is 2.71. The van der Waals surface area contributed by atoms with Crippen LogP contribution in [0, 0.1) is 0 Å². The van der Waals surface area contributed by atoms with E-state index in [1.165, 1.54) is 0 Å². The van der Waals surface area contributed by atoms with Crippen molar-refractivity contribution in [3.05, 3.63) is 23.8 Å². The molecule has 0 spiro atoms. The summed E-state index contributed by atoms with van der Waals surface area (Å²) in [5, 5.41) is 10.1. The van der Waals surface area contributed by atoms with Crippen molar-refractivity contribution in [2.24, 2.45) is 0 Å². The van der Waals surface area contributed by atoms with Crippen molar-refractivity contribution >= 4 is 5.91 Å². The van der Waals surface area contributed by atoms with Gasteiger partial charge in [-0.1, -0.05) is 12.1 Å². The highest BCUT2D eigenvalue weighted by molar-refractivity contribution is 5.77. The number of phenols is 1. The zero-order chi connectivity index (χ0) is 14.4. The molecule has 0 saturated carbocycles. The normalized spacial score (nSPS) is 10.6. The smallest absolute Gasteiger partial charge is 0.236 e. The summed E-state index contributed by atoms with van der Waals surface area (Å²) in [5.74, 6) is 0.656. The second-order valence-corrected chi connectivity index (χ2v) is 4.66. The minimum absolute atomic E-state index is 0.0305. The summed E-state index contributed by atoms with van der Waals surface area (Å²) in [7, 11) is 5.29. The quantitative estimate of drug-likeness (QED) is 0.843. The fourth-order valence-corrected chi connectivity index (χ4v) is 1.69. The molecule has 0 bridgehead atoms. The number of carbonyl (C=O) groups excluding carboxylic acids is 1. The molecule has 1 amide bonds. The molecular weight excluding hydrogens is 244 g/mol. The minimum Gasteiger partial charge on any atom is -0.504 e. The molecule has 0 aliphatic heterocycles. The summed E-state index contributed by atoms with van der Waals surface area (Å²) in [6, 6.07) is 5.39. The number of aromatic hydroxyl groups is 1. The summed E-state index contributed by atoms with van der Waals surface area (Å²) in [6.45, 7) is 3.18. The van der Waals surface area contributed by atoms with Crippen LogP contribution in [0.25, 0.3) is 0 Å². The fraction of sp³-hybridized carbons (Fsp3) is 0.500. The number of hydrogen-bond donors (Lipinski definition) is 1. The van der Waals surface area contributed by atoms with Gasteiger partial charge in [0.15, 0.2) is 11.5 Å². The van der Waals surface area contributed by atoms with Crippen molar-refractivity contribution in [2.45, 2.75) is 13.5 Å². The summed E-state index contributed by atoms with van der Waals surface area (Å²) in [4.78, 5) is 15.0. The van der Waals surface area contributed by atoms with Crippen LogP contribution < -0.4 is 4.74 Å². The minimum atomic E-state index is 0.0305.